The minimum absolute atomic E-state index is 0.293. The lowest BCUT2D eigenvalue weighted by Crippen LogP contribution is -2.37. The molecule has 0 saturated carbocycles. The summed E-state index contributed by atoms with van der Waals surface area (Å²) in [6.45, 7) is 3.29. The number of hydrogen-bond acceptors (Lipinski definition) is 3. The van der Waals surface area contributed by atoms with Gasteiger partial charge in [0.25, 0.3) is 0 Å². The van der Waals surface area contributed by atoms with Gasteiger partial charge in [-0.2, -0.15) is 24.9 Å². The molecule has 2 rings (SSSR count). The van der Waals surface area contributed by atoms with Crippen LogP contribution < -0.4 is 4.90 Å². The Kier molecular flexibility index (Phi) is 4.17. The Morgan fingerprint density at radius 3 is 2.70 bits per heavy atom. The van der Waals surface area contributed by atoms with Crippen molar-refractivity contribution < 1.29 is 23.1 Å². The van der Waals surface area contributed by atoms with Crippen molar-refractivity contribution in [2.24, 2.45) is 0 Å². The number of rotatable bonds is 2. The Bertz CT molecular complexity index is 519. The summed E-state index contributed by atoms with van der Waals surface area (Å²) in [5.41, 5.74) is -0.866. The predicted octanol–water partition coefficient (Wildman–Crippen LogP) is 3.35. The van der Waals surface area contributed by atoms with Crippen molar-refractivity contribution in [3.8, 4) is 0 Å². The first-order valence-corrected chi connectivity index (χ1v) is 7.15. The number of benzene rings is 1. The number of hydrogen-bond donors (Lipinski definition) is 1. The average molecular weight is 305 g/mol. The summed E-state index contributed by atoms with van der Waals surface area (Å²) in [4.78, 5) is 13.1. The van der Waals surface area contributed by atoms with Crippen LogP contribution in [0.1, 0.15) is 22.8 Å². The third-order valence-corrected chi connectivity index (χ3v) is 4.27. The molecule has 0 amide bonds. The van der Waals surface area contributed by atoms with Gasteiger partial charge in [0.05, 0.1) is 16.8 Å². The number of alkyl halides is 3. The van der Waals surface area contributed by atoms with Crippen LogP contribution in [0.25, 0.3) is 0 Å². The monoisotopic (exact) mass is 305 g/mol. The van der Waals surface area contributed by atoms with Crippen molar-refractivity contribution in [3.05, 3.63) is 29.3 Å². The molecule has 1 aromatic rings. The van der Waals surface area contributed by atoms with E-state index in [0.717, 1.165) is 11.8 Å². The smallest absolute Gasteiger partial charge is 0.416 e. The summed E-state index contributed by atoms with van der Waals surface area (Å²) in [6.07, 6.45) is -4.53. The molecule has 1 aliphatic heterocycles. The zero-order chi connectivity index (χ0) is 14.9. The highest BCUT2D eigenvalue weighted by Gasteiger charge is 2.32. The lowest BCUT2D eigenvalue weighted by atomic mass is 10.1. The van der Waals surface area contributed by atoms with E-state index in [0.29, 0.717) is 30.1 Å². The number of carboxylic acids is 1. The minimum Gasteiger partial charge on any atom is -0.478 e. The van der Waals surface area contributed by atoms with Crippen LogP contribution in [0.4, 0.5) is 18.9 Å². The number of carboxylic acid groups (broad SMARTS) is 1. The number of carbonyl (C=O) groups is 1. The highest BCUT2D eigenvalue weighted by molar-refractivity contribution is 8.00. The zero-order valence-electron chi connectivity index (χ0n) is 10.8. The Hall–Kier alpha value is -1.37. The van der Waals surface area contributed by atoms with Gasteiger partial charge in [-0.05, 0) is 18.2 Å². The van der Waals surface area contributed by atoms with Crippen LogP contribution in [0.2, 0.25) is 0 Å². The number of nitrogens with zero attached hydrogens (tertiary/aromatic N) is 1. The van der Waals surface area contributed by atoms with Crippen LogP contribution >= 0.6 is 11.8 Å². The van der Waals surface area contributed by atoms with Crippen LogP contribution in [0.5, 0.6) is 0 Å². The summed E-state index contributed by atoms with van der Waals surface area (Å²) >= 11 is 1.77. The molecular weight excluding hydrogens is 291 g/mol. The molecular formula is C13H14F3NO2S. The van der Waals surface area contributed by atoms with Gasteiger partial charge in [-0.3, -0.25) is 0 Å². The molecule has 3 nitrogen and oxygen atoms in total. The van der Waals surface area contributed by atoms with Crippen LogP contribution in [-0.2, 0) is 6.18 Å². The predicted molar refractivity (Wildman–Crippen MR) is 72.5 cm³/mol. The van der Waals surface area contributed by atoms with Crippen LogP contribution in [0.15, 0.2) is 18.2 Å². The van der Waals surface area contributed by atoms with Crippen molar-refractivity contribution in [2.75, 3.05) is 23.7 Å². The Morgan fingerprint density at radius 2 is 2.15 bits per heavy atom. The molecule has 1 aromatic carbocycles. The van der Waals surface area contributed by atoms with Gasteiger partial charge in [-0.15, -0.1) is 0 Å². The maximum absolute atomic E-state index is 12.7. The molecule has 0 radical (unpaired) electrons. The molecule has 1 fully saturated rings. The van der Waals surface area contributed by atoms with Crippen molar-refractivity contribution in [2.45, 2.75) is 18.3 Å². The van der Waals surface area contributed by atoms with Gasteiger partial charge in [-0.1, -0.05) is 6.92 Å². The SMILES string of the molecule is CC1CN(c2ccc(C(F)(F)F)cc2C(=O)O)CCS1. The topological polar surface area (TPSA) is 40.5 Å². The van der Waals surface area contributed by atoms with Crippen molar-refractivity contribution >= 4 is 23.4 Å². The van der Waals surface area contributed by atoms with Gasteiger partial charge >= 0.3 is 12.1 Å². The van der Waals surface area contributed by atoms with E-state index in [1.54, 1.807) is 11.8 Å². The van der Waals surface area contributed by atoms with Crippen molar-refractivity contribution in [1.29, 1.82) is 0 Å². The lowest BCUT2D eigenvalue weighted by molar-refractivity contribution is -0.137. The van der Waals surface area contributed by atoms with Crippen molar-refractivity contribution in [3.63, 3.8) is 0 Å². The standard InChI is InChI=1S/C13H14F3NO2S/c1-8-7-17(4-5-20-8)11-3-2-9(13(14,15)16)6-10(11)12(18)19/h2-3,6,8H,4-5,7H2,1H3,(H,18,19). The van der Waals surface area contributed by atoms with E-state index in [9.17, 15) is 18.0 Å². The molecule has 20 heavy (non-hydrogen) atoms. The lowest BCUT2D eigenvalue weighted by Gasteiger charge is -2.33. The minimum atomic E-state index is -4.53. The highest BCUT2D eigenvalue weighted by atomic mass is 32.2. The van der Waals surface area contributed by atoms with E-state index in [-0.39, 0.29) is 5.56 Å². The van der Waals surface area contributed by atoms with Gasteiger partial charge in [-0.25, -0.2) is 4.79 Å². The fourth-order valence-electron chi connectivity index (χ4n) is 2.20. The normalized spacial score (nSPS) is 20.0. The molecule has 1 N–H and O–H groups in total. The van der Waals surface area contributed by atoms with Crippen molar-refractivity contribution in [1.82, 2.24) is 0 Å². The first-order valence-electron chi connectivity index (χ1n) is 6.10. The number of thioether (sulfide) groups is 1. The molecule has 110 valence electrons. The molecule has 0 aliphatic carbocycles. The summed E-state index contributed by atoms with van der Waals surface area (Å²) in [5.74, 6) is -0.502. The van der Waals surface area contributed by atoms with Gasteiger partial charge in [0, 0.05) is 24.1 Å². The number of halogens is 3. The van der Waals surface area contributed by atoms with E-state index >= 15 is 0 Å². The molecule has 1 aliphatic rings. The third kappa shape index (κ3) is 3.20. The fourth-order valence-corrected chi connectivity index (χ4v) is 3.21. The molecule has 0 bridgehead atoms. The fraction of sp³-hybridized carbons (Fsp3) is 0.462. The summed E-state index contributed by atoms with van der Waals surface area (Å²) in [7, 11) is 0. The van der Waals surface area contributed by atoms with Gasteiger partial charge in [0.15, 0.2) is 0 Å². The van der Waals surface area contributed by atoms with Gasteiger partial charge in [0.2, 0.25) is 0 Å². The van der Waals surface area contributed by atoms with Crippen LogP contribution in [0.3, 0.4) is 0 Å². The Balaban J connectivity index is 2.40. The van der Waals surface area contributed by atoms with E-state index in [2.05, 4.69) is 0 Å². The third-order valence-electron chi connectivity index (χ3n) is 3.14. The molecule has 1 saturated heterocycles. The van der Waals surface area contributed by atoms with E-state index in [1.165, 1.54) is 6.07 Å². The van der Waals surface area contributed by atoms with E-state index in [1.807, 2.05) is 11.8 Å². The second kappa shape index (κ2) is 5.55. The maximum Gasteiger partial charge on any atom is 0.416 e. The second-order valence-corrected chi connectivity index (χ2v) is 6.21. The quantitative estimate of drug-likeness (QED) is 0.910. The van der Waals surface area contributed by atoms with E-state index in [4.69, 9.17) is 5.11 Å². The molecule has 1 unspecified atom stereocenters. The second-order valence-electron chi connectivity index (χ2n) is 4.66. The molecule has 0 spiro atoms. The maximum atomic E-state index is 12.7. The average Bonchev–Trinajstić information content (AvgIpc) is 2.37. The highest BCUT2D eigenvalue weighted by Crippen LogP contribution is 2.34. The number of aromatic carboxylic acids is 1. The summed E-state index contributed by atoms with van der Waals surface area (Å²) in [6, 6.07) is 2.91. The first-order chi connectivity index (χ1) is 9.29. The molecule has 1 heterocycles. The number of anilines is 1. The van der Waals surface area contributed by atoms with Gasteiger partial charge < -0.3 is 10.0 Å². The zero-order valence-corrected chi connectivity index (χ0v) is 11.6. The Labute approximate surface area is 118 Å². The largest absolute Gasteiger partial charge is 0.478 e. The van der Waals surface area contributed by atoms with E-state index < -0.39 is 17.7 Å². The summed E-state index contributed by atoms with van der Waals surface area (Å²) < 4.78 is 38.0. The first kappa shape index (κ1) is 15.0. The van der Waals surface area contributed by atoms with Crippen LogP contribution in [0, 0.1) is 0 Å². The molecule has 0 aromatic heterocycles. The molecule has 7 heteroatoms. The van der Waals surface area contributed by atoms with Gasteiger partial charge in [0.1, 0.15) is 0 Å². The van der Waals surface area contributed by atoms with Crippen LogP contribution in [-0.4, -0.2) is 35.2 Å². The molecule has 1 atom stereocenters. The Morgan fingerprint density at radius 1 is 1.45 bits per heavy atom. The summed E-state index contributed by atoms with van der Waals surface area (Å²) in [5, 5.41) is 9.48.